The minimum Gasteiger partial charge on any atom is -0.496 e. The maximum Gasteiger partial charge on any atom is 0.228 e. The molecule has 1 aliphatic heterocycles. The summed E-state index contributed by atoms with van der Waals surface area (Å²) in [5, 5.41) is 10.00. The number of piperidine rings is 1. The van der Waals surface area contributed by atoms with Gasteiger partial charge in [0, 0.05) is 30.5 Å². The fraction of sp³-hybridized carbons (Fsp3) is 0.280. The first-order valence-electron chi connectivity index (χ1n) is 10.7. The van der Waals surface area contributed by atoms with E-state index in [9.17, 15) is 4.79 Å². The molecule has 31 heavy (non-hydrogen) atoms. The highest BCUT2D eigenvalue weighted by Gasteiger charge is 2.25. The molecule has 2 heterocycles. The second kappa shape index (κ2) is 10.1. The number of carbonyl (C=O) groups is 1. The number of aromatic nitrogens is 2. The van der Waals surface area contributed by atoms with E-state index < -0.39 is 0 Å². The Morgan fingerprint density at radius 1 is 1.23 bits per heavy atom. The number of nitrogens with zero attached hydrogens (tertiary/aromatic N) is 2. The summed E-state index contributed by atoms with van der Waals surface area (Å²) in [6, 6.07) is 17.7. The van der Waals surface area contributed by atoms with Gasteiger partial charge in [-0.25, -0.2) is 0 Å². The van der Waals surface area contributed by atoms with Crippen LogP contribution >= 0.6 is 0 Å². The fourth-order valence-corrected chi connectivity index (χ4v) is 3.96. The highest BCUT2D eigenvalue weighted by atomic mass is 16.5. The van der Waals surface area contributed by atoms with Crippen molar-refractivity contribution in [2.75, 3.05) is 32.1 Å². The summed E-state index contributed by atoms with van der Waals surface area (Å²) >= 11 is 0. The number of anilines is 1. The molecule has 1 amide bonds. The van der Waals surface area contributed by atoms with Gasteiger partial charge < -0.3 is 10.1 Å². The Balaban J connectivity index is 1.30. The predicted octanol–water partition coefficient (Wildman–Crippen LogP) is 4.45. The molecule has 0 unspecified atom stereocenters. The average molecular weight is 417 g/mol. The smallest absolute Gasteiger partial charge is 0.228 e. The number of carbonyl (C=O) groups excluding carboxylic acids is 1. The van der Waals surface area contributed by atoms with E-state index >= 15 is 0 Å². The molecule has 0 saturated carbocycles. The molecule has 160 valence electrons. The molecule has 1 fully saturated rings. The highest BCUT2D eigenvalue weighted by Crippen LogP contribution is 2.22. The predicted molar refractivity (Wildman–Crippen MR) is 124 cm³/mol. The Kier molecular flexibility index (Phi) is 6.79. The number of amides is 1. The molecule has 0 spiro atoms. The summed E-state index contributed by atoms with van der Waals surface area (Å²) in [5.74, 6) is 0.960. The van der Waals surface area contributed by atoms with Crippen LogP contribution in [-0.4, -0.2) is 47.7 Å². The van der Waals surface area contributed by atoms with E-state index in [4.69, 9.17) is 4.74 Å². The number of hydrogen-bond donors (Lipinski definition) is 2. The van der Waals surface area contributed by atoms with E-state index in [1.807, 2.05) is 54.6 Å². The van der Waals surface area contributed by atoms with E-state index in [0.717, 1.165) is 60.7 Å². The SMILES string of the molecule is COc1ccccc1/C=C/CN1CCC[C@@H](C(=O)Nc2ccc(-c3ccn[nH]3)cc2)C1. The summed E-state index contributed by atoms with van der Waals surface area (Å²) in [7, 11) is 1.69. The van der Waals surface area contributed by atoms with Gasteiger partial charge in [-0.15, -0.1) is 0 Å². The van der Waals surface area contributed by atoms with Crippen LogP contribution in [0.25, 0.3) is 17.3 Å². The third-order valence-corrected chi connectivity index (χ3v) is 5.64. The van der Waals surface area contributed by atoms with E-state index in [1.165, 1.54) is 0 Å². The van der Waals surface area contributed by atoms with Crippen molar-refractivity contribution in [3.05, 3.63) is 72.4 Å². The maximum absolute atomic E-state index is 12.8. The van der Waals surface area contributed by atoms with Gasteiger partial charge in [0.2, 0.25) is 5.91 Å². The number of methoxy groups -OCH3 is 1. The minimum atomic E-state index is 0.000644. The molecule has 1 aliphatic rings. The number of nitrogens with one attached hydrogen (secondary N) is 2. The topological polar surface area (TPSA) is 70.2 Å². The van der Waals surface area contributed by atoms with Crippen LogP contribution in [0.1, 0.15) is 18.4 Å². The van der Waals surface area contributed by atoms with Crippen LogP contribution in [0.5, 0.6) is 5.75 Å². The zero-order chi connectivity index (χ0) is 21.5. The van der Waals surface area contributed by atoms with Gasteiger partial charge in [0.1, 0.15) is 5.75 Å². The van der Waals surface area contributed by atoms with E-state index in [1.54, 1.807) is 13.3 Å². The zero-order valence-corrected chi connectivity index (χ0v) is 17.8. The summed E-state index contributed by atoms with van der Waals surface area (Å²) in [5.41, 5.74) is 3.89. The molecule has 2 aromatic carbocycles. The van der Waals surface area contributed by atoms with Crippen molar-refractivity contribution in [3.63, 3.8) is 0 Å². The highest BCUT2D eigenvalue weighted by molar-refractivity contribution is 5.93. The van der Waals surface area contributed by atoms with Crippen molar-refractivity contribution in [3.8, 4) is 17.0 Å². The van der Waals surface area contributed by atoms with Gasteiger partial charge in [0.25, 0.3) is 0 Å². The summed E-state index contributed by atoms with van der Waals surface area (Å²) in [6.07, 6.45) is 7.91. The third-order valence-electron chi connectivity index (χ3n) is 5.64. The fourth-order valence-electron chi connectivity index (χ4n) is 3.96. The molecule has 1 aromatic heterocycles. The van der Waals surface area contributed by atoms with Gasteiger partial charge in [0.05, 0.1) is 18.7 Å². The van der Waals surface area contributed by atoms with Crippen molar-refractivity contribution in [2.24, 2.45) is 5.92 Å². The first-order chi connectivity index (χ1) is 15.2. The summed E-state index contributed by atoms with van der Waals surface area (Å²) in [4.78, 5) is 15.2. The molecule has 0 aliphatic carbocycles. The van der Waals surface area contributed by atoms with Gasteiger partial charge in [-0.3, -0.25) is 14.8 Å². The lowest BCUT2D eigenvalue weighted by atomic mass is 9.97. The quantitative estimate of drug-likeness (QED) is 0.597. The number of para-hydroxylation sites is 1. The molecule has 0 radical (unpaired) electrons. The van der Waals surface area contributed by atoms with Crippen molar-refractivity contribution >= 4 is 17.7 Å². The Morgan fingerprint density at radius 2 is 2.06 bits per heavy atom. The van der Waals surface area contributed by atoms with Gasteiger partial charge in [-0.05, 0) is 49.2 Å². The largest absolute Gasteiger partial charge is 0.496 e. The molecule has 6 nitrogen and oxygen atoms in total. The van der Waals surface area contributed by atoms with Gasteiger partial charge >= 0.3 is 0 Å². The van der Waals surface area contributed by atoms with E-state index in [0.29, 0.717) is 0 Å². The molecular weight excluding hydrogens is 388 g/mol. The van der Waals surface area contributed by atoms with Crippen molar-refractivity contribution < 1.29 is 9.53 Å². The maximum atomic E-state index is 12.8. The lowest BCUT2D eigenvalue weighted by Gasteiger charge is -2.31. The van der Waals surface area contributed by atoms with E-state index in [-0.39, 0.29) is 11.8 Å². The molecular formula is C25H28N4O2. The third kappa shape index (κ3) is 5.41. The van der Waals surface area contributed by atoms with Crippen molar-refractivity contribution in [1.82, 2.24) is 15.1 Å². The molecule has 6 heteroatoms. The lowest BCUT2D eigenvalue weighted by molar-refractivity contribution is -0.121. The Labute approximate surface area is 182 Å². The minimum absolute atomic E-state index is 0.000644. The van der Waals surface area contributed by atoms with Crippen LogP contribution in [-0.2, 0) is 4.79 Å². The molecule has 2 N–H and O–H groups in total. The van der Waals surface area contributed by atoms with Crippen LogP contribution in [0.4, 0.5) is 5.69 Å². The standard InChI is InChI=1S/C25H28N4O2/c1-31-24-9-3-2-6-20(24)7-4-16-29-17-5-8-21(18-29)25(30)27-22-12-10-19(11-13-22)23-14-15-26-28-23/h2-4,6-7,9-15,21H,5,8,16-18H2,1H3,(H,26,28)(H,27,30)/b7-4+/t21-/m1/s1. The number of benzene rings is 2. The summed E-state index contributed by atoms with van der Waals surface area (Å²) < 4.78 is 5.40. The second-order valence-corrected chi connectivity index (χ2v) is 7.78. The first kappa shape index (κ1) is 20.9. The van der Waals surface area contributed by atoms with Gasteiger partial charge in [-0.2, -0.15) is 5.10 Å². The monoisotopic (exact) mass is 416 g/mol. The van der Waals surface area contributed by atoms with E-state index in [2.05, 4.69) is 32.6 Å². The number of rotatable bonds is 7. The normalized spacial score (nSPS) is 17.0. The van der Waals surface area contributed by atoms with Crippen molar-refractivity contribution in [2.45, 2.75) is 12.8 Å². The number of hydrogen-bond acceptors (Lipinski definition) is 4. The number of likely N-dealkylation sites (tertiary alicyclic amines) is 1. The molecule has 4 rings (SSSR count). The average Bonchev–Trinajstić information content (AvgIpc) is 3.35. The number of aromatic amines is 1. The van der Waals surface area contributed by atoms with Crippen LogP contribution < -0.4 is 10.1 Å². The molecule has 0 bridgehead atoms. The molecule has 3 aromatic rings. The van der Waals surface area contributed by atoms with Crippen LogP contribution in [0.3, 0.4) is 0 Å². The Bertz CT molecular complexity index is 1010. The first-order valence-corrected chi connectivity index (χ1v) is 10.7. The summed E-state index contributed by atoms with van der Waals surface area (Å²) in [6.45, 7) is 2.61. The Morgan fingerprint density at radius 3 is 2.84 bits per heavy atom. The van der Waals surface area contributed by atoms with Gasteiger partial charge in [-0.1, -0.05) is 42.5 Å². The second-order valence-electron chi connectivity index (χ2n) is 7.78. The van der Waals surface area contributed by atoms with Crippen LogP contribution in [0.15, 0.2) is 66.9 Å². The molecule has 1 atom stereocenters. The van der Waals surface area contributed by atoms with Crippen LogP contribution in [0.2, 0.25) is 0 Å². The lowest BCUT2D eigenvalue weighted by Crippen LogP contribution is -2.40. The van der Waals surface area contributed by atoms with Crippen LogP contribution in [0, 0.1) is 5.92 Å². The van der Waals surface area contributed by atoms with Crippen molar-refractivity contribution in [1.29, 1.82) is 0 Å². The zero-order valence-electron chi connectivity index (χ0n) is 17.8. The number of ether oxygens (including phenoxy) is 1. The Hall–Kier alpha value is -3.38. The van der Waals surface area contributed by atoms with Gasteiger partial charge in [0.15, 0.2) is 0 Å². The number of H-pyrrole nitrogens is 1. The molecule has 1 saturated heterocycles.